The van der Waals surface area contributed by atoms with Crippen molar-refractivity contribution in [2.45, 2.75) is 5.88 Å². The van der Waals surface area contributed by atoms with Crippen LogP contribution in [-0.2, 0) is 5.88 Å². The van der Waals surface area contributed by atoms with Crippen LogP contribution in [0.4, 0.5) is 0 Å². The van der Waals surface area contributed by atoms with E-state index in [4.69, 9.17) is 23.2 Å². The lowest BCUT2D eigenvalue weighted by atomic mass is 10.1. The summed E-state index contributed by atoms with van der Waals surface area (Å²) >= 11 is 12.0. The minimum absolute atomic E-state index is 0.381. The fourth-order valence-corrected chi connectivity index (χ4v) is 1.94. The summed E-state index contributed by atoms with van der Waals surface area (Å²) in [5, 5.41) is 0.686. The van der Waals surface area contributed by atoms with Gasteiger partial charge in [-0.15, -0.1) is 11.6 Å². The number of hydrogen-bond acceptors (Lipinski definition) is 1. The Hall–Kier alpha value is -1.05. The van der Waals surface area contributed by atoms with E-state index in [9.17, 15) is 0 Å². The van der Waals surface area contributed by atoms with Crippen LogP contribution >= 0.6 is 23.2 Å². The molecule has 2 aromatic rings. The third kappa shape index (κ3) is 2.14. The number of benzene rings is 1. The van der Waals surface area contributed by atoms with E-state index in [2.05, 4.69) is 4.98 Å². The van der Waals surface area contributed by atoms with Crippen molar-refractivity contribution in [3.63, 3.8) is 0 Å². The fraction of sp³-hybridized carbons (Fsp3) is 0.0833. The van der Waals surface area contributed by atoms with Gasteiger partial charge in [0.25, 0.3) is 0 Å². The Morgan fingerprint density at radius 3 is 2.47 bits per heavy atom. The molecule has 0 atom stereocenters. The molecule has 0 aliphatic rings. The molecule has 76 valence electrons. The van der Waals surface area contributed by atoms with Crippen LogP contribution in [0.5, 0.6) is 0 Å². The highest BCUT2D eigenvalue weighted by Gasteiger charge is 2.07. The Balaban J connectivity index is 2.54. The van der Waals surface area contributed by atoms with Crippen LogP contribution in [0, 0.1) is 0 Å². The molecule has 0 amide bonds. The molecule has 0 aliphatic heterocycles. The second-order valence-corrected chi connectivity index (χ2v) is 3.81. The monoisotopic (exact) mass is 237 g/mol. The first-order chi connectivity index (χ1) is 7.33. The van der Waals surface area contributed by atoms with Gasteiger partial charge in [0, 0.05) is 23.5 Å². The SMILES string of the molecule is ClCc1cncc(-c2ccccc2)c1Cl. The molecule has 0 saturated carbocycles. The van der Waals surface area contributed by atoms with Crippen LogP contribution in [-0.4, -0.2) is 4.98 Å². The number of halogens is 2. The van der Waals surface area contributed by atoms with Crippen LogP contribution in [0.1, 0.15) is 5.56 Å². The van der Waals surface area contributed by atoms with E-state index in [-0.39, 0.29) is 0 Å². The summed E-state index contributed by atoms with van der Waals surface area (Å²) in [7, 11) is 0. The fourth-order valence-electron chi connectivity index (χ4n) is 1.40. The lowest BCUT2D eigenvalue weighted by Crippen LogP contribution is -1.87. The predicted octanol–water partition coefficient (Wildman–Crippen LogP) is 4.14. The van der Waals surface area contributed by atoms with Crippen LogP contribution in [0.2, 0.25) is 5.02 Å². The van der Waals surface area contributed by atoms with Crippen molar-refractivity contribution in [3.05, 3.63) is 53.3 Å². The number of hydrogen-bond donors (Lipinski definition) is 0. The first-order valence-electron chi connectivity index (χ1n) is 4.56. The number of aromatic nitrogens is 1. The summed E-state index contributed by atoms with van der Waals surface area (Å²) in [4.78, 5) is 4.12. The molecule has 3 heteroatoms. The smallest absolute Gasteiger partial charge is 0.0559 e. The zero-order valence-corrected chi connectivity index (χ0v) is 9.46. The first kappa shape index (κ1) is 10.5. The van der Waals surface area contributed by atoms with Gasteiger partial charge in [0.05, 0.1) is 10.9 Å². The molecule has 1 aromatic heterocycles. The molecule has 1 nitrogen and oxygen atoms in total. The van der Waals surface area contributed by atoms with Crippen molar-refractivity contribution >= 4 is 23.2 Å². The van der Waals surface area contributed by atoms with Crippen LogP contribution in [0.3, 0.4) is 0 Å². The summed E-state index contributed by atoms with van der Waals surface area (Å²) in [5.74, 6) is 0.381. The molecule has 15 heavy (non-hydrogen) atoms. The Morgan fingerprint density at radius 2 is 1.80 bits per heavy atom. The van der Waals surface area contributed by atoms with Gasteiger partial charge in [-0.3, -0.25) is 4.98 Å². The maximum absolute atomic E-state index is 6.22. The van der Waals surface area contributed by atoms with Gasteiger partial charge in [-0.25, -0.2) is 0 Å². The van der Waals surface area contributed by atoms with E-state index in [1.54, 1.807) is 12.4 Å². The van der Waals surface area contributed by atoms with E-state index in [0.717, 1.165) is 16.7 Å². The molecule has 0 saturated heterocycles. The van der Waals surface area contributed by atoms with E-state index in [1.807, 2.05) is 30.3 Å². The highest BCUT2D eigenvalue weighted by Crippen LogP contribution is 2.30. The highest BCUT2D eigenvalue weighted by atomic mass is 35.5. The van der Waals surface area contributed by atoms with Crippen molar-refractivity contribution in [1.82, 2.24) is 4.98 Å². The maximum atomic E-state index is 6.22. The lowest BCUT2D eigenvalue weighted by molar-refractivity contribution is 1.25. The minimum Gasteiger partial charge on any atom is -0.264 e. The summed E-state index contributed by atoms with van der Waals surface area (Å²) in [6.07, 6.45) is 3.45. The largest absolute Gasteiger partial charge is 0.264 e. The molecular weight excluding hydrogens is 229 g/mol. The van der Waals surface area contributed by atoms with E-state index in [0.29, 0.717) is 10.9 Å². The zero-order chi connectivity index (χ0) is 10.7. The average Bonchev–Trinajstić information content (AvgIpc) is 2.30. The van der Waals surface area contributed by atoms with Gasteiger partial charge in [0.15, 0.2) is 0 Å². The Labute approximate surface area is 98.7 Å². The first-order valence-corrected chi connectivity index (χ1v) is 5.48. The summed E-state index contributed by atoms with van der Waals surface area (Å²) < 4.78 is 0. The van der Waals surface area contributed by atoms with Crippen molar-refractivity contribution in [2.24, 2.45) is 0 Å². The Kier molecular flexibility index (Phi) is 3.24. The third-order valence-corrected chi connectivity index (χ3v) is 2.92. The van der Waals surface area contributed by atoms with Crippen molar-refractivity contribution < 1.29 is 0 Å². The third-order valence-electron chi connectivity index (χ3n) is 2.18. The summed E-state index contributed by atoms with van der Waals surface area (Å²) in [5.41, 5.74) is 2.84. The molecule has 0 bridgehead atoms. The standard InChI is InChI=1S/C12H9Cl2N/c13-6-10-7-15-8-11(12(10)14)9-4-2-1-3-5-9/h1-5,7-8H,6H2. The highest BCUT2D eigenvalue weighted by molar-refractivity contribution is 6.34. The molecule has 1 aromatic carbocycles. The number of nitrogens with zero attached hydrogens (tertiary/aromatic N) is 1. The van der Waals surface area contributed by atoms with E-state index in [1.165, 1.54) is 0 Å². The van der Waals surface area contributed by atoms with Crippen LogP contribution in [0.25, 0.3) is 11.1 Å². The molecule has 1 heterocycles. The second kappa shape index (κ2) is 4.65. The van der Waals surface area contributed by atoms with Crippen molar-refractivity contribution in [2.75, 3.05) is 0 Å². The molecule has 0 spiro atoms. The molecule has 0 radical (unpaired) electrons. The number of alkyl halides is 1. The Bertz CT molecular complexity index is 454. The van der Waals surface area contributed by atoms with Crippen LogP contribution < -0.4 is 0 Å². The summed E-state index contributed by atoms with van der Waals surface area (Å²) in [6, 6.07) is 9.91. The average molecular weight is 238 g/mol. The molecule has 0 N–H and O–H groups in total. The molecule has 0 unspecified atom stereocenters. The van der Waals surface area contributed by atoms with Gasteiger partial charge in [0.2, 0.25) is 0 Å². The van der Waals surface area contributed by atoms with E-state index < -0.39 is 0 Å². The molecule has 2 rings (SSSR count). The molecule has 0 fully saturated rings. The normalized spacial score (nSPS) is 10.3. The topological polar surface area (TPSA) is 12.9 Å². The summed E-state index contributed by atoms with van der Waals surface area (Å²) in [6.45, 7) is 0. The number of pyridine rings is 1. The zero-order valence-electron chi connectivity index (χ0n) is 7.95. The van der Waals surface area contributed by atoms with Gasteiger partial charge >= 0.3 is 0 Å². The van der Waals surface area contributed by atoms with Crippen molar-refractivity contribution in [3.8, 4) is 11.1 Å². The second-order valence-electron chi connectivity index (χ2n) is 3.16. The van der Waals surface area contributed by atoms with Crippen LogP contribution in [0.15, 0.2) is 42.7 Å². The quantitative estimate of drug-likeness (QED) is 0.716. The van der Waals surface area contributed by atoms with Gasteiger partial charge in [0.1, 0.15) is 0 Å². The van der Waals surface area contributed by atoms with Crippen molar-refractivity contribution in [1.29, 1.82) is 0 Å². The maximum Gasteiger partial charge on any atom is 0.0559 e. The lowest BCUT2D eigenvalue weighted by Gasteiger charge is -2.06. The van der Waals surface area contributed by atoms with E-state index >= 15 is 0 Å². The van der Waals surface area contributed by atoms with Gasteiger partial charge < -0.3 is 0 Å². The number of rotatable bonds is 2. The Morgan fingerprint density at radius 1 is 1.07 bits per heavy atom. The van der Waals surface area contributed by atoms with Gasteiger partial charge in [-0.2, -0.15) is 0 Å². The predicted molar refractivity (Wildman–Crippen MR) is 64.2 cm³/mol. The minimum atomic E-state index is 0.381. The van der Waals surface area contributed by atoms with Gasteiger partial charge in [-0.05, 0) is 5.56 Å². The van der Waals surface area contributed by atoms with Gasteiger partial charge in [-0.1, -0.05) is 41.9 Å². The molecule has 0 aliphatic carbocycles. The molecular formula is C12H9Cl2N.